The zero-order valence-corrected chi connectivity index (χ0v) is 10.8. The lowest BCUT2D eigenvalue weighted by molar-refractivity contribution is -0.138. The van der Waals surface area contributed by atoms with Crippen LogP contribution in [0.3, 0.4) is 0 Å². The molecule has 0 aromatic rings. The van der Waals surface area contributed by atoms with Gasteiger partial charge < -0.3 is 28.2 Å². The van der Waals surface area contributed by atoms with Crippen molar-refractivity contribution in [1.29, 1.82) is 0 Å². The van der Waals surface area contributed by atoms with Crippen LogP contribution in [0.15, 0.2) is 12.2 Å². The third-order valence-corrected chi connectivity index (χ3v) is 0.624. The van der Waals surface area contributed by atoms with E-state index in [-0.39, 0.29) is 24.5 Å². The third kappa shape index (κ3) is 30.1. The van der Waals surface area contributed by atoms with Crippen LogP contribution in [0.2, 0.25) is 0 Å². The van der Waals surface area contributed by atoms with Gasteiger partial charge in [0, 0.05) is 5.57 Å². The summed E-state index contributed by atoms with van der Waals surface area (Å²) in [5.41, 5.74) is 0.451. The van der Waals surface area contributed by atoms with Crippen LogP contribution in [0.1, 0.15) is 13.8 Å². The molecule has 0 aliphatic heterocycles. The van der Waals surface area contributed by atoms with Gasteiger partial charge in [-0.1, -0.05) is 6.58 Å². The standard InChI is InChI=1S/C6H10O2.C3H9N.ClH.H3N/c1-4-8-6(7)5(2)3;1-4(2)3;;/h2,4H2,1,3H3;1-3H3;1H;1H3. The third-order valence-electron chi connectivity index (χ3n) is 0.624. The minimum Gasteiger partial charge on any atom is -1.00 e. The Bertz CT molecular complexity index is 147. The van der Waals surface area contributed by atoms with Gasteiger partial charge in [0.15, 0.2) is 0 Å². The number of carbonyl (C=O) groups excluding carboxylic acids is 1. The van der Waals surface area contributed by atoms with E-state index in [4.69, 9.17) is 0 Å². The van der Waals surface area contributed by atoms with Gasteiger partial charge in [0.1, 0.15) is 0 Å². The number of rotatable bonds is 2. The maximum absolute atomic E-state index is 10.4. The highest BCUT2D eigenvalue weighted by molar-refractivity contribution is 5.86. The molecule has 0 spiro atoms. The first kappa shape index (κ1) is 23.3. The smallest absolute Gasteiger partial charge is 0.333 e. The van der Waals surface area contributed by atoms with E-state index >= 15 is 0 Å². The number of hydrogen-bond acceptors (Lipinski definition) is 3. The van der Waals surface area contributed by atoms with E-state index in [1.165, 1.54) is 0 Å². The SMILES string of the molecule is C=C(C)C(=O)OCC.CN(C)C.[Cl-].[NH4+]. The maximum atomic E-state index is 10.4. The Kier molecular flexibility index (Phi) is 24.9. The summed E-state index contributed by atoms with van der Waals surface area (Å²) < 4.78 is 4.56. The van der Waals surface area contributed by atoms with Crippen LogP contribution in [0, 0.1) is 0 Å². The lowest BCUT2D eigenvalue weighted by Crippen LogP contribution is -3.00. The Morgan fingerprint density at radius 2 is 1.64 bits per heavy atom. The number of ether oxygens (including phenoxy) is 1. The van der Waals surface area contributed by atoms with Gasteiger partial charge in [0.2, 0.25) is 0 Å². The predicted molar refractivity (Wildman–Crippen MR) is 57.0 cm³/mol. The highest BCUT2D eigenvalue weighted by Crippen LogP contribution is 1.89. The molecule has 0 radical (unpaired) electrons. The fourth-order valence-electron chi connectivity index (χ4n) is 0.254. The molecule has 5 heteroatoms. The van der Waals surface area contributed by atoms with Crippen molar-refractivity contribution < 1.29 is 21.9 Å². The highest BCUT2D eigenvalue weighted by Gasteiger charge is 1.98. The molecule has 0 saturated carbocycles. The molecule has 0 aromatic heterocycles. The zero-order valence-electron chi connectivity index (χ0n) is 10.1. The lowest BCUT2D eigenvalue weighted by atomic mass is 10.4. The van der Waals surface area contributed by atoms with Crippen LogP contribution >= 0.6 is 0 Å². The minimum atomic E-state index is -0.312. The van der Waals surface area contributed by atoms with Crippen LogP contribution < -0.4 is 18.6 Å². The second-order valence-corrected chi connectivity index (χ2v) is 2.84. The fraction of sp³-hybridized carbons (Fsp3) is 0.667. The Labute approximate surface area is 93.3 Å². The molecule has 0 saturated heterocycles. The molecule has 4 N–H and O–H groups in total. The van der Waals surface area contributed by atoms with Gasteiger partial charge in [0.25, 0.3) is 0 Å². The molecule has 0 aliphatic rings. The number of esters is 1. The van der Waals surface area contributed by atoms with E-state index in [0.717, 1.165) is 0 Å². The Morgan fingerprint density at radius 3 is 1.71 bits per heavy atom. The van der Waals surface area contributed by atoms with E-state index in [2.05, 4.69) is 11.3 Å². The highest BCUT2D eigenvalue weighted by atomic mass is 35.5. The van der Waals surface area contributed by atoms with E-state index in [1.54, 1.807) is 13.8 Å². The second-order valence-electron chi connectivity index (χ2n) is 2.84. The quantitative estimate of drug-likeness (QED) is 0.470. The molecule has 0 atom stereocenters. The van der Waals surface area contributed by atoms with Gasteiger partial charge in [-0.05, 0) is 35.0 Å². The molecule has 0 fully saturated rings. The average molecular weight is 227 g/mol. The van der Waals surface area contributed by atoms with Gasteiger partial charge in [0.05, 0.1) is 6.61 Å². The predicted octanol–water partition coefficient (Wildman–Crippen LogP) is -1.32. The van der Waals surface area contributed by atoms with E-state index in [1.807, 2.05) is 26.0 Å². The molecule has 14 heavy (non-hydrogen) atoms. The van der Waals surface area contributed by atoms with Gasteiger partial charge in [-0.2, -0.15) is 0 Å². The Hall–Kier alpha value is -0.580. The number of quaternary nitrogens is 1. The summed E-state index contributed by atoms with van der Waals surface area (Å²) in [5, 5.41) is 0. The number of halogens is 1. The van der Waals surface area contributed by atoms with Crippen LogP contribution in [0.4, 0.5) is 0 Å². The summed E-state index contributed by atoms with van der Waals surface area (Å²) in [6.07, 6.45) is 0. The van der Waals surface area contributed by atoms with Crippen LogP contribution in [-0.4, -0.2) is 38.6 Å². The van der Waals surface area contributed by atoms with Crippen molar-refractivity contribution in [2.24, 2.45) is 0 Å². The van der Waals surface area contributed by atoms with Gasteiger partial charge >= 0.3 is 5.97 Å². The number of hydrogen-bond donors (Lipinski definition) is 1. The summed E-state index contributed by atoms with van der Waals surface area (Å²) in [7, 11) is 6.00. The zero-order chi connectivity index (χ0) is 10.1. The van der Waals surface area contributed by atoms with E-state index in [0.29, 0.717) is 12.2 Å². The lowest BCUT2D eigenvalue weighted by Gasteiger charge is -1.96. The van der Waals surface area contributed by atoms with Crippen molar-refractivity contribution in [3.05, 3.63) is 12.2 Å². The molecule has 0 heterocycles. The second kappa shape index (κ2) is 14.9. The van der Waals surface area contributed by atoms with Gasteiger partial charge in [-0.3, -0.25) is 0 Å². The van der Waals surface area contributed by atoms with Crippen molar-refractivity contribution >= 4 is 5.97 Å². The molecule has 0 unspecified atom stereocenters. The van der Waals surface area contributed by atoms with Crippen LogP contribution in [-0.2, 0) is 9.53 Å². The van der Waals surface area contributed by atoms with Crippen LogP contribution in [0.5, 0.6) is 0 Å². The summed E-state index contributed by atoms with van der Waals surface area (Å²) in [5.74, 6) is -0.312. The first-order chi connectivity index (χ1) is 5.41. The summed E-state index contributed by atoms with van der Waals surface area (Å²) >= 11 is 0. The van der Waals surface area contributed by atoms with Gasteiger partial charge in [-0.25, -0.2) is 4.79 Å². The van der Waals surface area contributed by atoms with Gasteiger partial charge in [-0.15, -0.1) is 0 Å². The molecule has 0 bridgehead atoms. The number of nitrogens with zero attached hydrogens (tertiary/aromatic N) is 1. The van der Waals surface area contributed by atoms with Crippen molar-refractivity contribution in [2.75, 3.05) is 27.7 Å². The number of carbonyl (C=O) groups is 1. The van der Waals surface area contributed by atoms with Crippen molar-refractivity contribution in [3.8, 4) is 0 Å². The Morgan fingerprint density at radius 1 is 1.36 bits per heavy atom. The molecule has 0 amide bonds. The monoisotopic (exact) mass is 226 g/mol. The Balaban J connectivity index is -0.0000000733. The molecular formula is C9H23ClN2O2. The first-order valence-corrected chi connectivity index (χ1v) is 3.85. The normalized spacial score (nSPS) is 7.29. The largest absolute Gasteiger partial charge is 1.00 e. The van der Waals surface area contributed by atoms with Crippen molar-refractivity contribution in [3.63, 3.8) is 0 Å². The molecule has 0 aliphatic carbocycles. The first-order valence-electron chi connectivity index (χ1n) is 3.85. The summed E-state index contributed by atoms with van der Waals surface area (Å²) in [4.78, 5) is 12.4. The van der Waals surface area contributed by atoms with Crippen LogP contribution in [0.25, 0.3) is 0 Å². The molecule has 4 nitrogen and oxygen atoms in total. The summed E-state index contributed by atoms with van der Waals surface area (Å²) in [6, 6.07) is 0. The molecule has 88 valence electrons. The minimum absolute atomic E-state index is 0. The maximum Gasteiger partial charge on any atom is 0.333 e. The molecule has 0 rings (SSSR count). The molecule has 0 aromatic carbocycles. The van der Waals surface area contributed by atoms with E-state index in [9.17, 15) is 4.79 Å². The topological polar surface area (TPSA) is 66.0 Å². The summed E-state index contributed by atoms with van der Waals surface area (Å²) in [6.45, 7) is 7.21. The average Bonchev–Trinajstić information content (AvgIpc) is 1.86. The van der Waals surface area contributed by atoms with Crippen molar-refractivity contribution in [1.82, 2.24) is 11.1 Å². The van der Waals surface area contributed by atoms with E-state index < -0.39 is 0 Å². The van der Waals surface area contributed by atoms with Crippen molar-refractivity contribution in [2.45, 2.75) is 13.8 Å². The molecular weight excluding hydrogens is 204 g/mol. The fourth-order valence-corrected chi connectivity index (χ4v) is 0.254.